The van der Waals surface area contributed by atoms with E-state index in [0.29, 0.717) is 28.4 Å². The highest BCUT2D eigenvalue weighted by atomic mass is 19.1. The van der Waals surface area contributed by atoms with Gasteiger partial charge in [0.25, 0.3) is 0 Å². The van der Waals surface area contributed by atoms with Gasteiger partial charge in [0.05, 0.1) is 29.6 Å². The molecule has 8 heteroatoms. The first kappa shape index (κ1) is 17.0. The fraction of sp³-hybridized carbons (Fsp3) is 0.263. The minimum atomic E-state index is -1.07. The van der Waals surface area contributed by atoms with Gasteiger partial charge in [-0.2, -0.15) is 5.26 Å². The van der Waals surface area contributed by atoms with E-state index in [2.05, 4.69) is 15.3 Å². The molecule has 1 amide bonds. The second-order valence-corrected chi connectivity index (χ2v) is 6.59. The van der Waals surface area contributed by atoms with Crippen molar-refractivity contribution in [2.75, 3.05) is 5.32 Å². The quantitative estimate of drug-likeness (QED) is 0.766. The highest BCUT2D eigenvalue weighted by Crippen LogP contribution is 2.37. The van der Waals surface area contributed by atoms with Crippen LogP contribution in [0.3, 0.4) is 0 Å². The number of ether oxygens (including phenoxy) is 1. The third-order valence-corrected chi connectivity index (χ3v) is 4.52. The zero-order valence-electron chi connectivity index (χ0n) is 14.7. The van der Waals surface area contributed by atoms with Crippen LogP contribution < -0.4 is 10.1 Å². The van der Waals surface area contributed by atoms with Crippen LogP contribution >= 0.6 is 0 Å². The molecule has 27 heavy (non-hydrogen) atoms. The number of hydrogen-bond acceptors (Lipinski definition) is 5. The second-order valence-electron chi connectivity index (χ2n) is 6.59. The number of amides is 1. The lowest BCUT2D eigenvalue weighted by atomic mass is 10.2. The van der Waals surface area contributed by atoms with Gasteiger partial charge in [0.1, 0.15) is 35.0 Å². The maximum Gasteiger partial charge on any atom is 0.230 e. The second kappa shape index (κ2) is 6.36. The highest BCUT2D eigenvalue weighted by Gasteiger charge is 2.43. The average Bonchev–Trinajstić information content (AvgIpc) is 3.27. The van der Waals surface area contributed by atoms with Crippen LogP contribution in [0.25, 0.3) is 11.0 Å². The molecule has 0 saturated heterocycles. The first-order valence-corrected chi connectivity index (χ1v) is 8.41. The van der Waals surface area contributed by atoms with Crippen LogP contribution in [-0.4, -0.2) is 26.6 Å². The van der Waals surface area contributed by atoms with Crippen molar-refractivity contribution in [3.05, 3.63) is 42.0 Å². The van der Waals surface area contributed by atoms with Crippen molar-refractivity contribution < 1.29 is 13.9 Å². The monoisotopic (exact) mass is 365 g/mol. The molecule has 1 fully saturated rings. The molecule has 2 unspecified atom stereocenters. The maximum absolute atomic E-state index is 13.2. The summed E-state index contributed by atoms with van der Waals surface area (Å²) in [6, 6.07) is 7.07. The number of carbonyl (C=O) groups is 1. The number of nitrogens with zero attached hydrogens (tertiary/aromatic N) is 4. The van der Waals surface area contributed by atoms with E-state index in [0.717, 1.165) is 11.1 Å². The number of alkyl halides is 1. The Morgan fingerprint density at radius 1 is 1.41 bits per heavy atom. The molecule has 1 aliphatic rings. The zero-order valence-corrected chi connectivity index (χ0v) is 14.7. The third-order valence-electron chi connectivity index (χ3n) is 4.52. The molecule has 2 aromatic heterocycles. The number of anilines is 1. The van der Waals surface area contributed by atoms with E-state index >= 15 is 0 Å². The predicted molar refractivity (Wildman–Crippen MR) is 96.1 cm³/mol. The van der Waals surface area contributed by atoms with Gasteiger partial charge in [0, 0.05) is 19.2 Å². The van der Waals surface area contributed by atoms with Crippen molar-refractivity contribution in [2.45, 2.75) is 19.5 Å². The number of halogens is 1. The van der Waals surface area contributed by atoms with Gasteiger partial charge in [-0.25, -0.2) is 14.4 Å². The van der Waals surface area contributed by atoms with Crippen LogP contribution in [0.2, 0.25) is 0 Å². The number of hydrogen-bond donors (Lipinski definition) is 1. The summed E-state index contributed by atoms with van der Waals surface area (Å²) in [6.07, 6.45) is 2.30. The van der Waals surface area contributed by atoms with Gasteiger partial charge in [-0.3, -0.25) is 4.79 Å². The van der Waals surface area contributed by atoms with E-state index in [9.17, 15) is 9.18 Å². The number of imidazole rings is 1. The Kier molecular flexibility index (Phi) is 4.00. The Hall–Kier alpha value is -3.47. The predicted octanol–water partition coefficient (Wildman–Crippen LogP) is 3.24. The van der Waals surface area contributed by atoms with E-state index in [1.165, 1.54) is 6.20 Å². The summed E-state index contributed by atoms with van der Waals surface area (Å²) < 4.78 is 20.9. The van der Waals surface area contributed by atoms with Crippen LogP contribution in [-0.2, 0) is 11.8 Å². The van der Waals surface area contributed by atoms with Crippen molar-refractivity contribution in [2.24, 2.45) is 13.0 Å². The van der Waals surface area contributed by atoms with Crippen LogP contribution in [0, 0.1) is 24.2 Å². The summed E-state index contributed by atoms with van der Waals surface area (Å²) in [7, 11) is 1.83. The molecule has 0 radical (unpaired) electrons. The number of rotatable bonds is 4. The Bertz CT molecular complexity index is 1100. The number of aromatic nitrogens is 3. The molecule has 1 aromatic carbocycles. The average molecular weight is 365 g/mol. The SMILES string of the molecule is Cc1cc(C#N)ncc1Oc1cc(NC(=O)C2CC2F)c2ncn(C)c2c1. The molecule has 2 heterocycles. The molecule has 1 aliphatic carbocycles. The Labute approximate surface area is 154 Å². The van der Waals surface area contributed by atoms with Gasteiger partial charge in [-0.1, -0.05) is 0 Å². The van der Waals surface area contributed by atoms with Crippen LogP contribution in [0.15, 0.2) is 30.7 Å². The molecule has 1 N–H and O–H groups in total. The number of benzene rings is 1. The molecular weight excluding hydrogens is 349 g/mol. The molecule has 3 aromatic rings. The van der Waals surface area contributed by atoms with E-state index in [1.54, 1.807) is 29.1 Å². The number of carbonyl (C=O) groups excluding carboxylic acids is 1. The third kappa shape index (κ3) is 3.19. The van der Waals surface area contributed by atoms with Crippen LogP contribution in [0.1, 0.15) is 17.7 Å². The lowest BCUT2D eigenvalue weighted by Crippen LogP contribution is -2.15. The van der Waals surface area contributed by atoms with Gasteiger partial charge < -0.3 is 14.6 Å². The minimum absolute atomic E-state index is 0.253. The Balaban J connectivity index is 1.69. The van der Waals surface area contributed by atoms with E-state index in [4.69, 9.17) is 10.00 Å². The smallest absolute Gasteiger partial charge is 0.230 e. The number of fused-ring (bicyclic) bond motifs is 1. The van der Waals surface area contributed by atoms with E-state index in [-0.39, 0.29) is 12.3 Å². The topological polar surface area (TPSA) is 92.8 Å². The minimum Gasteiger partial charge on any atom is -0.455 e. The lowest BCUT2D eigenvalue weighted by Gasteiger charge is -2.12. The first-order valence-electron chi connectivity index (χ1n) is 8.41. The van der Waals surface area contributed by atoms with Gasteiger partial charge in [-0.15, -0.1) is 0 Å². The van der Waals surface area contributed by atoms with Crippen molar-refractivity contribution >= 4 is 22.6 Å². The van der Waals surface area contributed by atoms with Crippen molar-refractivity contribution in [3.63, 3.8) is 0 Å². The Morgan fingerprint density at radius 2 is 2.19 bits per heavy atom. The largest absolute Gasteiger partial charge is 0.455 e. The fourth-order valence-corrected chi connectivity index (χ4v) is 2.86. The van der Waals surface area contributed by atoms with E-state index < -0.39 is 12.1 Å². The van der Waals surface area contributed by atoms with Crippen LogP contribution in [0.4, 0.5) is 10.1 Å². The summed E-state index contributed by atoms with van der Waals surface area (Å²) >= 11 is 0. The number of nitrogens with one attached hydrogen (secondary N) is 1. The summed E-state index contributed by atoms with van der Waals surface area (Å²) in [4.78, 5) is 20.5. The summed E-state index contributed by atoms with van der Waals surface area (Å²) in [5.74, 6) is 0.0172. The number of nitriles is 1. The number of pyridine rings is 1. The molecule has 0 spiro atoms. The van der Waals surface area contributed by atoms with Gasteiger partial charge in [0.15, 0.2) is 0 Å². The van der Waals surface area contributed by atoms with Gasteiger partial charge in [-0.05, 0) is 25.0 Å². The van der Waals surface area contributed by atoms with Crippen molar-refractivity contribution in [1.29, 1.82) is 5.26 Å². The van der Waals surface area contributed by atoms with Crippen LogP contribution in [0.5, 0.6) is 11.5 Å². The molecule has 4 rings (SSSR count). The van der Waals surface area contributed by atoms with Gasteiger partial charge in [0.2, 0.25) is 5.91 Å². The summed E-state index contributed by atoms with van der Waals surface area (Å²) in [5, 5.41) is 11.7. The lowest BCUT2D eigenvalue weighted by molar-refractivity contribution is -0.117. The van der Waals surface area contributed by atoms with E-state index in [1.807, 2.05) is 20.0 Å². The maximum atomic E-state index is 13.2. The molecule has 0 aliphatic heterocycles. The standard InChI is InChI=1S/C19H16FN5O2/c1-10-3-11(7-21)22-8-17(10)27-12-4-15(24-19(26)13-6-14(13)20)18-16(5-12)25(2)9-23-18/h3-5,8-9,13-14H,6H2,1-2H3,(H,24,26). The normalized spacial score (nSPS) is 18.1. The fourth-order valence-electron chi connectivity index (χ4n) is 2.86. The highest BCUT2D eigenvalue weighted by molar-refractivity contribution is 6.02. The molecule has 1 saturated carbocycles. The molecule has 2 atom stereocenters. The summed E-state index contributed by atoms with van der Waals surface area (Å²) in [5.41, 5.74) is 2.89. The number of aryl methyl sites for hydroxylation is 2. The molecule has 7 nitrogen and oxygen atoms in total. The Morgan fingerprint density at radius 3 is 2.85 bits per heavy atom. The molecule has 0 bridgehead atoms. The van der Waals surface area contributed by atoms with Crippen molar-refractivity contribution in [3.8, 4) is 17.6 Å². The summed E-state index contributed by atoms with van der Waals surface area (Å²) in [6.45, 7) is 1.82. The molecular formula is C19H16FN5O2. The zero-order chi connectivity index (χ0) is 19.1. The first-order chi connectivity index (χ1) is 13.0. The van der Waals surface area contributed by atoms with Gasteiger partial charge >= 0.3 is 0 Å². The van der Waals surface area contributed by atoms with Crippen molar-refractivity contribution in [1.82, 2.24) is 14.5 Å². The molecule has 136 valence electrons.